The summed E-state index contributed by atoms with van der Waals surface area (Å²) >= 11 is 0. The minimum Gasteiger partial charge on any atom is -0.267 e. The number of nitrogens with zero attached hydrogens (tertiary/aromatic N) is 2. The number of aryl methyl sites for hydroxylation is 1. The second kappa shape index (κ2) is 3.46. The zero-order valence-corrected chi connectivity index (χ0v) is 7.84. The van der Waals surface area contributed by atoms with Crippen LogP contribution < -0.4 is 5.56 Å². The van der Waals surface area contributed by atoms with Gasteiger partial charge in [-0.05, 0) is 24.6 Å². The standard InChI is InChI=1S/C11H10N2O/c1-9-5-2-3-6-10(9)13-11(14)7-4-8-12-13/h2-8H,1H3. The number of hydrogen-bond donors (Lipinski definition) is 0. The van der Waals surface area contributed by atoms with Gasteiger partial charge in [0.2, 0.25) is 0 Å². The summed E-state index contributed by atoms with van der Waals surface area (Å²) in [6, 6.07) is 10.8. The van der Waals surface area contributed by atoms with Crippen molar-refractivity contribution in [1.82, 2.24) is 9.78 Å². The topological polar surface area (TPSA) is 34.9 Å². The maximum absolute atomic E-state index is 11.5. The molecular formula is C11H10N2O. The average Bonchev–Trinajstić information content (AvgIpc) is 2.20. The van der Waals surface area contributed by atoms with Crippen molar-refractivity contribution in [2.24, 2.45) is 0 Å². The molecule has 2 rings (SSSR count). The van der Waals surface area contributed by atoms with E-state index in [9.17, 15) is 4.79 Å². The van der Waals surface area contributed by atoms with Crippen LogP contribution in [-0.4, -0.2) is 9.78 Å². The molecule has 0 radical (unpaired) electrons. The van der Waals surface area contributed by atoms with Gasteiger partial charge < -0.3 is 0 Å². The summed E-state index contributed by atoms with van der Waals surface area (Å²) in [7, 11) is 0. The van der Waals surface area contributed by atoms with E-state index in [4.69, 9.17) is 0 Å². The van der Waals surface area contributed by atoms with Crippen LogP contribution in [0.25, 0.3) is 5.69 Å². The lowest BCUT2D eigenvalue weighted by Gasteiger charge is -2.05. The van der Waals surface area contributed by atoms with Crippen LogP contribution in [0.1, 0.15) is 5.56 Å². The van der Waals surface area contributed by atoms with Crippen molar-refractivity contribution in [2.45, 2.75) is 6.92 Å². The van der Waals surface area contributed by atoms with Gasteiger partial charge in [0.1, 0.15) is 0 Å². The first-order chi connectivity index (χ1) is 6.79. The van der Waals surface area contributed by atoms with E-state index in [1.165, 1.54) is 10.7 Å². The lowest BCUT2D eigenvalue weighted by Crippen LogP contribution is -2.19. The number of para-hydroxylation sites is 1. The summed E-state index contributed by atoms with van der Waals surface area (Å²) < 4.78 is 1.40. The molecule has 0 amide bonds. The van der Waals surface area contributed by atoms with Crippen molar-refractivity contribution >= 4 is 0 Å². The average molecular weight is 186 g/mol. The predicted octanol–water partition coefficient (Wildman–Crippen LogP) is 1.54. The molecule has 70 valence electrons. The molecule has 0 unspecified atom stereocenters. The molecule has 0 atom stereocenters. The van der Waals surface area contributed by atoms with Crippen LogP contribution in [0.3, 0.4) is 0 Å². The van der Waals surface area contributed by atoms with E-state index < -0.39 is 0 Å². The first kappa shape index (κ1) is 8.69. The smallest absolute Gasteiger partial charge is 0.267 e. The van der Waals surface area contributed by atoms with Crippen molar-refractivity contribution in [1.29, 1.82) is 0 Å². The van der Waals surface area contributed by atoms with Crippen LogP contribution in [0.5, 0.6) is 0 Å². The first-order valence-electron chi connectivity index (χ1n) is 4.39. The van der Waals surface area contributed by atoms with Crippen LogP contribution in [0, 0.1) is 6.92 Å². The molecule has 1 aromatic heterocycles. The molecule has 3 nitrogen and oxygen atoms in total. The number of benzene rings is 1. The minimum absolute atomic E-state index is 0.109. The highest BCUT2D eigenvalue weighted by Crippen LogP contribution is 2.08. The van der Waals surface area contributed by atoms with E-state index in [1.54, 1.807) is 12.3 Å². The van der Waals surface area contributed by atoms with E-state index in [0.717, 1.165) is 11.3 Å². The van der Waals surface area contributed by atoms with E-state index >= 15 is 0 Å². The van der Waals surface area contributed by atoms with Gasteiger partial charge in [-0.3, -0.25) is 4.79 Å². The van der Waals surface area contributed by atoms with E-state index in [0.29, 0.717) is 0 Å². The van der Waals surface area contributed by atoms with Crippen LogP contribution >= 0.6 is 0 Å². The minimum atomic E-state index is -0.109. The van der Waals surface area contributed by atoms with Gasteiger partial charge in [0.05, 0.1) is 5.69 Å². The predicted molar refractivity (Wildman–Crippen MR) is 54.6 cm³/mol. The summed E-state index contributed by atoms with van der Waals surface area (Å²) in [5.41, 5.74) is 1.76. The summed E-state index contributed by atoms with van der Waals surface area (Å²) in [5.74, 6) is 0. The summed E-state index contributed by atoms with van der Waals surface area (Å²) in [6.45, 7) is 1.95. The Labute approximate surface area is 81.6 Å². The molecule has 0 aliphatic heterocycles. The fourth-order valence-electron chi connectivity index (χ4n) is 1.34. The summed E-state index contributed by atoms with van der Waals surface area (Å²) in [4.78, 5) is 11.5. The summed E-state index contributed by atoms with van der Waals surface area (Å²) in [6.07, 6.45) is 1.60. The molecule has 0 aliphatic rings. The maximum atomic E-state index is 11.5. The van der Waals surface area contributed by atoms with Gasteiger partial charge in [0.15, 0.2) is 0 Å². The van der Waals surface area contributed by atoms with Gasteiger partial charge in [0, 0.05) is 12.3 Å². The molecule has 0 fully saturated rings. The van der Waals surface area contributed by atoms with Crippen molar-refractivity contribution in [3.63, 3.8) is 0 Å². The zero-order valence-electron chi connectivity index (χ0n) is 7.84. The molecule has 3 heteroatoms. The van der Waals surface area contributed by atoms with Gasteiger partial charge in [-0.25, -0.2) is 0 Å². The van der Waals surface area contributed by atoms with Crippen LogP contribution in [0.15, 0.2) is 47.4 Å². The van der Waals surface area contributed by atoms with Crippen molar-refractivity contribution in [3.05, 3.63) is 58.5 Å². The van der Waals surface area contributed by atoms with Crippen molar-refractivity contribution < 1.29 is 0 Å². The van der Waals surface area contributed by atoms with Gasteiger partial charge >= 0.3 is 0 Å². The zero-order chi connectivity index (χ0) is 9.97. The van der Waals surface area contributed by atoms with Gasteiger partial charge in [-0.2, -0.15) is 9.78 Å². The Morgan fingerprint density at radius 1 is 1.14 bits per heavy atom. The Morgan fingerprint density at radius 3 is 2.64 bits per heavy atom. The molecule has 1 heterocycles. The van der Waals surface area contributed by atoms with E-state index in [2.05, 4.69) is 5.10 Å². The van der Waals surface area contributed by atoms with Crippen LogP contribution in [0.2, 0.25) is 0 Å². The second-order valence-electron chi connectivity index (χ2n) is 3.06. The largest absolute Gasteiger partial charge is 0.271 e. The molecule has 0 spiro atoms. The fourth-order valence-corrected chi connectivity index (χ4v) is 1.34. The highest BCUT2D eigenvalue weighted by atomic mass is 16.1. The highest BCUT2D eigenvalue weighted by Gasteiger charge is 2.01. The molecule has 0 aliphatic carbocycles. The normalized spacial score (nSPS) is 10.1. The Hall–Kier alpha value is -1.90. The van der Waals surface area contributed by atoms with Gasteiger partial charge in [-0.1, -0.05) is 18.2 Å². The molecule has 0 saturated heterocycles. The highest BCUT2D eigenvalue weighted by molar-refractivity contribution is 5.38. The molecule has 0 N–H and O–H groups in total. The number of hydrogen-bond acceptors (Lipinski definition) is 2. The first-order valence-corrected chi connectivity index (χ1v) is 4.39. The Morgan fingerprint density at radius 2 is 1.93 bits per heavy atom. The molecule has 1 aromatic carbocycles. The third-order valence-corrected chi connectivity index (χ3v) is 2.06. The van der Waals surface area contributed by atoms with Gasteiger partial charge in [0.25, 0.3) is 5.56 Å². The molecule has 14 heavy (non-hydrogen) atoms. The fraction of sp³-hybridized carbons (Fsp3) is 0.0909. The maximum Gasteiger partial charge on any atom is 0.271 e. The third kappa shape index (κ3) is 1.44. The van der Waals surface area contributed by atoms with Crippen LogP contribution in [-0.2, 0) is 0 Å². The second-order valence-corrected chi connectivity index (χ2v) is 3.06. The molecule has 0 saturated carbocycles. The summed E-state index contributed by atoms with van der Waals surface area (Å²) in [5, 5.41) is 4.01. The molecule has 2 aromatic rings. The third-order valence-electron chi connectivity index (χ3n) is 2.06. The number of rotatable bonds is 1. The molecule has 0 bridgehead atoms. The monoisotopic (exact) mass is 186 g/mol. The van der Waals surface area contributed by atoms with E-state index in [-0.39, 0.29) is 5.56 Å². The lowest BCUT2D eigenvalue weighted by atomic mass is 10.2. The van der Waals surface area contributed by atoms with Gasteiger partial charge in [-0.15, -0.1) is 0 Å². The lowest BCUT2D eigenvalue weighted by molar-refractivity contribution is 0.801. The number of aromatic nitrogens is 2. The van der Waals surface area contributed by atoms with Crippen molar-refractivity contribution in [3.8, 4) is 5.69 Å². The SMILES string of the molecule is Cc1ccccc1-n1ncccc1=O. The van der Waals surface area contributed by atoms with E-state index in [1.807, 2.05) is 31.2 Å². The van der Waals surface area contributed by atoms with Crippen LogP contribution in [0.4, 0.5) is 0 Å². The molecular weight excluding hydrogens is 176 g/mol. The Kier molecular flexibility index (Phi) is 2.14. The Balaban J connectivity index is 2.67. The van der Waals surface area contributed by atoms with Crippen molar-refractivity contribution in [2.75, 3.05) is 0 Å². The Bertz CT molecular complexity index is 502. The quantitative estimate of drug-likeness (QED) is 0.677.